The Hall–Kier alpha value is -1.43. The summed E-state index contributed by atoms with van der Waals surface area (Å²) in [5, 5.41) is 11.0. The molecule has 1 aromatic rings. The van der Waals surface area contributed by atoms with Crippen LogP contribution in [0.25, 0.3) is 0 Å². The molecule has 0 bridgehead atoms. The van der Waals surface area contributed by atoms with E-state index < -0.39 is 0 Å². The van der Waals surface area contributed by atoms with Gasteiger partial charge in [0.1, 0.15) is 12.2 Å². The van der Waals surface area contributed by atoms with Crippen molar-refractivity contribution in [1.29, 1.82) is 0 Å². The quantitative estimate of drug-likeness (QED) is 0.754. The van der Waals surface area contributed by atoms with Gasteiger partial charge in [0.05, 0.1) is 6.04 Å². The molecule has 0 aromatic carbocycles. The van der Waals surface area contributed by atoms with Gasteiger partial charge in [0.15, 0.2) is 0 Å². The Morgan fingerprint density at radius 3 is 2.67 bits per heavy atom. The Bertz CT molecular complexity index is 372. The second kappa shape index (κ2) is 7.10. The van der Waals surface area contributed by atoms with E-state index >= 15 is 0 Å². The highest BCUT2D eigenvalue weighted by Gasteiger charge is 2.17. The van der Waals surface area contributed by atoms with Crippen molar-refractivity contribution in [3.05, 3.63) is 12.2 Å². The molecule has 102 valence electrons. The molecular formula is C12H23N5O. The normalized spacial score (nSPS) is 12.4. The van der Waals surface area contributed by atoms with Gasteiger partial charge in [0, 0.05) is 33.1 Å². The average molecular weight is 253 g/mol. The number of nitrogens with zero attached hydrogens (tertiary/aromatic N) is 4. The summed E-state index contributed by atoms with van der Waals surface area (Å²) < 4.78 is 1.89. The molecule has 1 atom stereocenters. The SMILES string of the molecule is CCN(CC)C(=O)C(C)NCCc1nncn1C. The fourth-order valence-electron chi connectivity index (χ4n) is 1.83. The van der Waals surface area contributed by atoms with E-state index in [1.54, 1.807) is 6.33 Å². The Labute approximate surface area is 108 Å². The lowest BCUT2D eigenvalue weighted by Gasteiger charge is -2.23. The molecule has 1 rings (SSSR count). The molecule has 0 aliphatic rings. The van der Waals surface area contributed by atoms with Crippen molar-refractivity contribution in [3.8, 4) is 0 Å². The number of likely N-dealkylation sites (N-methyl/N-ethyl adjacent to an activating group) is 1. The Balaban J connectivity index is 2.35. The first-order valence-electron chi connectivity index (χ1n) is 6.45. The third kappa shape index (κ3) is 3.80. The van der Waals surface area contributed by atoms with Gasteiger partial charge in [-0.2, -0.15) is 0 Å². The van der Waals surface area contributed by atoms with Crippen LogP contribution < -0.4 is 5.32 Å². The lowest BCUT2D eigenvalue weighted by Crippen LogP contribution is -2.45. The van der Waals surface area contributed by atoms with E-state index in [-0.39, 0.29) is 11.9 Å². The third-order valence-corrected chi connectivity index (χ3v) is 3.05. The van der Waals surface area contributed by atoms with Gasteiger partial charge in [0.2, 0.25) is 5.91 Å². The summed E-state index contributed by atoms with van der Waals surface area (Å²) >= 11 is 0. The van der Waals surface area contributed by atoms with Crippen molar-refractivity contribution in [1.82, 2.24) is 25.0 Å². The van der Waals surface area contributed by atoms with Crippen LogP contribution in [0.15, 0.2) is 6.33 Å². The molecule has 0 aliphatic carbocycles. The highest BCUT2D eigenvalue weighted by molar-refractivity contribution is 5.81. The largest absolute Gasteiger partial charge is 0.342 e. The highest BCUT2D eigenvalue weighted by atomic mass is 16.2. The van der Waals surface area contributed by atoms with E-state index in [2.05, 4.69) is 15.5 Å². The highest BCUT2D eigenvalue weighted by Crippen LogP contribution is 1.96. The van der Waals surface area contributed by atoms with Crippen molar-refractivity contribution in [2.45, 2.75) is 33.2 Å². The molecule has 6 nitrogen and oxygen atoms in total. The lowest BCUT2D eigenvalue weighted by atomic mass is 10.2. The van der Waals surface area contributed by atoms with Crippen LogP contribution in [0.3, 0.4) is 0 Å². The van der Waals surface area contributed by atoms with Gasteiger partial charge in [0.25, 0.3) is 0 Å². The van der Waals surface area contributed by atoms with Crippen LogP contribution in [-0.4, -0.2) is 51.2 Å². The van der Waals surface area contributed by atoms with Crippen molar-refractivity contribution in [2.24, 2.45) is 7.05 Å². The second-order valence-corrected chi connectivity index (χ2v) is 4.29. The summed E-state index contributed by atoms with van der Waals surface area (Å²) in [6.45, 7) is 8.12. The molecule has 0 radical (unpaired) electrons. The minimum Gasteiger partial charge on any atom is -0.342 e. The fraction of sp³-hybridized carbons (Fsp3) is 0.750. The first-order chi connectivity index (χ1) is 8.60. The predicted octanol–water partition coefficient (Wildman–Crippen LogP) is 0.204. The van der Waals surface area contributed by atoms with Crippen LogP contribution in [0, 0.1) is 0 Å². The number of rotatable bonds is 7. The van der Waals surface area contributed by atoms with Gasteiger partial charge in [-0.3, -0.25) is 4.79 Å². The first kappa shape index (κ1) is 14.6. The molecule has 1 amide bonds. The van der Waals surface area contributed by atoms with E-state index in [1.165, 1.54) is 0 Å². The van der Waals surface area contributed by atoms with E-state index in [4.69, 9.17) is 0 Å². The zero-order valence-electron chi connectivity index (χ0n) is 11.7. The molecule has 0 saturated carbocycles. The zero-order valence-corrected chi connectivity index (χ0v) is 11.7. The minimum absolute atomic E-state index is 0.151. The molecule has 0 fully saturated rings. The van der Waals surface area contributed by atoms with Gasteiger partial charge < -0.3 is 14.8 Å². The van der Waals surface area contributed by atoms with Gasteiger partial charge in [-0.15, -0.1) is 10.2 Å². The van der Waals surface area contributed by atoms with Crippen LogP contribution >= 0.6 is 0 Å². The maximum Gasteiger partial charge on any atom is 0.239 e. The molecular weight excluding hydrogens is 230 g/mol. The smallest absolute Gasteiger partial charge is 0.239 e. The first-order valence-corrected chi connectivity index (χ1v) is 6.45. The Kier molecular flexibility index (Phi) is 5.77. The zero-order chi connectivity index (χ0) is 13.5. The number of aryl methyl sites for hydroxylation is 1. The number of amides is 1. The van der Waals surface area contributed by atoms with Crippen molar-refractivity contribution in [3.63, 3.8) is 0 Å². The number of aromatic nitrogens is 3. The van der Waals surface area contributed by atoms with Gasteiger partial charge >= 0.3 is 0 Å². The van der Waals surface area contributed by atoms with Crippen molar-refractivity contribution >= 4 is 5.91 Å². The van der Waals surface area contributed by atoms with E-state index in [9.17, 15) is 4.79 Å². The molecule has 1 aromatic heterocycles. The minimum atomic E-state index is -0.155. The second-order valence-electron chi connectivity index (χ2n) is 4.29. The molecule has 0 aliphatic heterocycles. The van der Waals surface area contributed by atoms with Crippen LogP contribution in [0.5, 0.6) is 0 Å². The summed E-state index contributed by atoms with van der Waals surface area (Å²) in [6, 6.07) is -0.155. The van der Waals surface area contributed by atoms with Crippen LogP contribution in [0.1, 0.15) is 26.6 Å². The molecule has 1 unspecified atom stereocenters. The summed E-state index contributed by atoms with van der Waals surface area (Å²) in [5.74, 6) is 1.07. The molecule has 1 N–H and O–H groups in total. The molecule has 6 heteroatoms. The number of nitrogens with one attached hydrogen (secondary N) is 1. The monoisotopic (exact) mass is 253 g/mol. The Morgan fingerprint density at radius 2 is 2.17 bits per heavy atom. The summed E-state index contributed by atoms with van der Waals surface area (Å²) in [5.41, 5.74) is 0. The molecule has 1 heterocycles. The molecule has 0 spiro atoms. The van der Waals surface area contributed by atoms with Gasteiger partial charge in [-0.05, 0) is 20.8 Å². The number of hydrogen-bond acceptors (Lipinski definition) is 4. The fourth-order valence-corrected chi connectivity index (χ4v) is 1.83. The predicted molar refractivity (Wildman–Crippen MR) is 70.1 cm³/mol. The van der Waals surface area contributed by atoms with Gasteiger partial charge in [-0.1, -0.05) is 0 Å². The third-order valence-electron chi connectivity index (χ3n) is 3.05. The Morgan fingerprint density at radius 1 is 1.50 bits per heavy atom. The number of carbonyl (C=O) groups is 1. The van der Waals surface area contributed by atoms with Gasteiger partial charge in [-0.25, -0.2) is 0 Å². The summed E-state index contributed by atoms with van der Waals surface area (Å²) in [7, 11) is 1.92. The number of hydrogen-bond donors (Lipinski definition) is 1. The summed E-state index contributed by atoms with van der Waals surface area (Å²) in [6.07, 6.45) is 2.45. The van der Waals surface area contributed by atoms with Crippen LogP contribution in [0.2, 0.25) is 0 Å². The van der Waals surface area contributed by atoms with E-state index in [0.29, 0.717) is 0 Å². The maximum absolute atomic E-state index is 12.0. The van der Waals surface area contributed by atoms with E-state index in [1.807, 2.05) is 37.3 Å². The lowest BCUT2D eigenvalue weighted by molar-refractivity contribution is -0.132. The molecule has 18 heavy (non-hydrogen) atoms. The standard InChI is InChI=1S/C12H23N5O/c1-5-17(6-2)12(18)10(3)13-8-7-11-15-14-9-16(11)4/h9-10,13H,5-8H2,1-4H3. The van der Waals surface area contributed by atoms with Crippen molar-refractivity contribution < 1.29 is 4.79 Å². The topological polar surface area (TPSA) is 63.1 Å². The summed E-state index contributed by atoms with van der Waals surface area (Å²) in [4.78, 5) is 13.8. The van der Waals surface area contributed by atoms with Crippen LogP contribution in [-0.2, 0) is 18.3 Å². The van der Waals surface area contributed by atoms with E-state index in [0.717, 1.165) is 31.9 Å². The van der Waals surface area contributed by atoms with Crippen LogP contribution in [0.4, 0.5) is 0 Å². The maximum atomic E-state index is 12.0. The average Bonchev–Trinajstić information content (AvgIpc) is 2.76. The number of carbonyl (C=O) groups excluding carboxylic acids is 1. The van der Waals surface area contributed by atoms with Crippen molar-refractivity contribution in [2.75, 3.05) is 19.6 Å². The molecule has 0 saturated heterocycles.